The standard InChI is InChI=1S/C23H17ClF6N4O4/c1-11(33-19(12-5-6-12)18(24)20(32-33)23(28,29)30)21(35)31-14-8-15(34(36)37)10-17(9-14)38-16-4-2-3-13(7-16)22(25,26)27/h2-4,7-12H,5-6H2,1H3,(H,31,35). The fourth-order valence-corrected chi connectivity index (χ4v) is 4.06. The number of non-ortho nitro benzene ring substituents is 1. The topological polar surface area (TPSA) is 99.3 Å². The molecule has 15 heteroatoms. The number of alkyl halides is 6. The van der Waals surface area contributed by atoms with Crippen LogP contribution in [-0.4, -0.2) is 20.6 Å². The van der Waals surface area contributed by atoms with Gasteiger partial charge in [-0.2, -0.15) is 31.4 Å². The Hall–Kier alpha value is -3.81. The number of aromatic nitrogens is 2. The monoisotopic (exact) mass is 562 g/mol. The second-order valence-electron chi connectivity index (χ2n) is 8.53. The van der Waals surface area contributed by atoms with Crippen LogP contribution in [0.5, 0.6) is 11.5 Å². The van der Waals surface area contributed by atoms with Gasteiger partial charge in [-0.1, -0.05) is 17.7 Å². The molecular formula is C23H17ClF6N4O4. The van der Waals surface area contributed by atoms with Gasteiger partial charge < -0.3 is 10.1 Å². The summed E-state index contributed by atoms with van der Waals surface area (Å²) in [5, 5.41) is 16.7. The largest absolute Gasteiger partial charge is 0.457 e. The molecule has 2 aromatic carbocycles. The minimum absolute atomic E-state index is 0.0641. The molecule has 1 aliphatic rings. The van der Waals surface area contributed by atoms with Crippen molar-refractivity contribution in [3.8, 4) is 11.5 Å². The first-order chi connectivity index (χ1) is 17.6. The van der Waals surface area contributed by atoms with Gasteiger partial charge in [-0.25, -0.2) is 0 Å². The number of rotatable bonds is 7. The number of amides is 1. The molecule has 4 rings (SSSR count). The number of nitrogens with one attached hydrogen (secondary N) is 1. The van der Waals surface area contributed by atoms with E-state index in [2.05, 4.69) is 10.4 Å². The highest BCUT2D eigenvalue weighted by Gasteiger charge is 2.43. The van der Waals surface area contributed by atoms with E-state index in [1.54, 1.807) is 0 Å². The van der Waals surface area contributed by atoms with E-state index in [1.165, 1.54) is 13.0 Å². The molecule has 1 amide bonds. The molecule has 8 nitrogen and oxygen atoms in total. The van der Waals surface area contributed by atoms with Gasteiger partial charge in [0, 0.05) is 18.1 Å². The van der Waals surface area contributed by atoms with Gasteiger partial charge in [0.05, 0.1) is 33.0 Å². The van der Waals surface area contributed by atoms with Crippen molar-refractivity contribution >= 4 is 28.9 Å². The molecule has 1 atom stereocenters. The second-order valence-corrected chi connectivity index (χ2v) is 8.91. The zero-order valence-electron chi connectivity index (χ0n) is 19.2. The second kappa shape index (κ2) is 9.82. The molecule has 0 bridgehead atoms. The van der Waals surface area contributed by atoms with Crippen LogP contribution in [0.2, 0.25) is 5.02 Å². The van der Waals surface area contributed by atoms with E-state index in [-0.39, 0.29) is 28.8 Å². The molecule has 1 N–H and O–H groups in total. The van der Waals surface area contributed by atoms with Gasteiger partial charge in [0.25, 0.3) is 5.69 Å². The van der Waals surface area contributed by atoms with Crippen LogP contribution in [0, 0.1) is 10.1 Å². The number of hydrogen-bond acceptors (Lipinski definition) is 5. The number of halogens is 7. The molecule has 1 heterocycles. The van der Waals surface area contributed by atoms with Gasteiger partial charge in [0.15, 0.2) is 5.69 Å². The summed E-state index contributed by atoms with van der Waals surface area (Å²) in [5.41, 5.74) is -3.01. The Bertz CT molecular complexity index is 1400. The molecule has 38 heavy (non-hydrogen) atoms. The van der Waals surface area contributed by atoms with E-state index < -0.39 is 51.2 Å². The molecule has 1 unspecified atom stereocenters. The average molecular weight is 563 g/mol. The number of nitrogens with zero attached hydrogens (tertiary/aromatic N) is 3. The summed E-state index contributed by atoms with van der Waals surface area (Å²) in [6.45, 7) is 1.28. The number of ether oxygens (including phenoxy) is 1. The van der Waals surface area contributed by atoms with Gasteiger partial charge in [0.2, 0.25) is 5.91 Å². The van der Waals surface area contributed by atoms with Crippen molar-refractivity contribution < 1.29 is 40.8 Å². The van der Waals surface area contributed by atoms with Crippen LogP contribution in [0.15, 0.2) is 42.5 Å². The third-order valence-corrected chi connectivity index (χ3v) is 6.01. The summed E-state index contributed by atoms with van der Waals surface area (Å²) >= 11 is 5.95. The number of nitro groups is 1. The molecular weight excluding hydrogens is 546 g/mol. The fraction of sp³-hybridized carbons (Fsp3) is 0.304. The van der Waals surface area contributed by atoms with Crippen LogP contribution in [0.1, 0.15) is 48.7 Å². The summed E-state index contributed by atoms with van der Waals surface area (Å²) in [4.78, 5) is 23.5. The minimum atomic E-state index is -4.85. The first kappa shape index (κ1) is 27.2. The molecule has 0 spiro atoms. The lowest BCUT2D eigenvalue weighted by atomic mass is 10.2. The lowest BCUT2D eigenvalue weighted by Crippen LogP contribution is -2.26. The van der Waals surface area contributed by atoms with Gasteiger partial charge in [-0.05, 0) is 38.0 Å². The molecule has 1 fully saturated rings. The number of carbonyl (C=O) groups excluding carboxylic acids is 1. The van der Waals surface area contributed by atoms with Crippen molar-refractivity contribution in [3.63, 3.8) is 0 Å². The third-order valence-electron chi connectivity index (χ3n) is 5.63. The first-order valence-corrected chi connectivity index (χ1v) is 11.3. The van der Waals surface area contributed by atoms with Crippen molar-refractivity contribution in [2.75, 3.05) is 5.32 Å². The average Bonchev–Trinajstić information content (AvgIpc) is 3.58. The number of anilines is 1. The van der Waals surface area contributed by atoms with Crippen molar-refractivity contribution in [1.29, 1.82) is 0 Å². The Labute approximate surface area is 215 Å². The Morgan fingerprint density at radius 1 is 1.13 bits per heavy atom. The predicted molar refractivity (Wildman–Crippen MR) is 122 cm³/mol. The highest BCUT2D eigenvalue weighted by molar-refractivity contribution is 6.32. The van der Waals surface area contributed by atoms with E-state index in [1.807, 2.05) is 0 Å². The van der Waals surface area contributed by atoms with Gasteiger partial charge in [-0.15, -0.1) is 0 Å². The molecule has 0 saturated heterocycles. The smallest absolute Gasteiger partial charge is 0.436 e. The molecule has 1 aliphatic carbocycles. The van der Waals surface area contributed by atoms with Crippen LogP contribution in [0.25, 0.3) is 0 Å². The highest BCUT2D eigenvalue weighted by atomic mass is 35.5. The highest BCUT2D eigenvalue weighted by Crippen LogP contribution is 2.47. The molecule has 202 valence electrons. The summed E-state index contributed by atoms with van der Waals surface area (Å²) in [5.74, 6) is -1.70. The van der Waals surface area contributed by atoms with Crippen LogP contribution in [0.4, 0.5) is 37.7 Å². The fourth-order valence-electron chi connectivity index (χ4n) is 3.68. The van der Waals surface area contributed by atoms with E-state index in [0.29, 0.717) is 18.9 Å². The minimum Gasteiger partial charge on any atom is -0.457 e. The van der Waals surface area contributed by atoms with Crippen LogP contribution < -0.4 is 10.1 Å². The van der Waals surface area contributed by atoms with Crippen molar-refractivity contribution in [2.45, 2.75) is 44.1 Å². The van der Waals surface area contributed by atoms with Gasteiger partial charge in [-0.3, -0.25) is 19.6 Å². The SMILES string of the molecule is CC(C(=O)Nc1cc(Oc2cccc(C(F)(F)F)c2)cc([N+](=O)[O-])c1)n1nc(C(F)(F)F)c(Cl)c1C1CC1. The zero-order valence-corrected chi connectivity index (χ0v) is 20.0. The van der Waals surface area contributed by atoms with E-state index in [9.17, 15) is 41.3 Å². The Balaban J connectivity index is 1.62. The first-order valence-electron chi connectivity index (χ1n) is 11.0. The van der Waals surface area contributed by atoms with Crippen LogP contribution >= 0.6 is 11.6 Å². The van der Waals surface area contributed by atoms with Crippen molar-refractivity contribution in [3.05, 3.63) is 74.6 Å². The quantitative estimate of drug-likeness (QED) is 0.184. The summed E-state index contributed by atoms with van der Waals surface area (Å²) < 4.78 is 85.4. The molecule has 0 radical (unpaired) electrons. The number of nitro benzene ring substituents is 1. The van der Waals surface area contributed by atoms with Gasteiger partial charge in [0.1, 0.15) is 17.5 Å². The number of carbonyl (C=O) groups is 1. The van der Waals surface area contributed by atoms with Crippen molar-refractivity contribution in [2.24, 2.45) is 0 Å². The maximum atomic E-state index is 13.4. The maximum Gasteiger partial charge on any atom is 0.436 e. The zero-order chi connectivity index (χ0) is 28.0. The van der Waals surface area contributed by atoms with Gasteiger partial charge >= 0.3 is 12.4 Å². The molecule has 0 aliphatic heterocycles. The maximum absolute atomic E-state index is 13.4. The number of benzene rings is 2. The molecule has 1 aromatic heterocycles. The van der Waals surface area contributed by atoms with E-state index >= 15 is 0 Å². The van der Waals surface area contributed by atoms with Crippen LogP contribution in [-0.2, 0) is 17.1 Å². The Morgan fingerprint density at radius 3 is 2.39 bits per heavy atom. The van der Waals surface area contributed by atoms with E-state index in [0.717, 1.165) is 35.0 Å². The van der Waals surface area contributed by atoms with Crippen molar-refractivity contribution in [1.82, 2.24) is 9.78 Å². The number of hydrogen-bond donors (Lipinski definition) is 1. The predicted octanol–water partition coefficient (Wildman–Crippen LogP) is 7.35. The summed E-state index contributed by atoms with van der Waals surface area (Å²) in [6, 6.07) is 5.52. The Morgan fingerprint density at radius 2 is 1.82 bits per heavy atom. The normalized spacial score (nSPS) is 14.7. The molecule has 3 aromatic rings. The lowest BCUT2D eigenvalue weighted by molar-refractivity contribution is -0.384. The lowest BCUT2D eigenvalue weighted by Gasteiger charge is -2.16. The summed E-state index contributed by atoms with van der Waals surface area (Å²) in [7, 11) is 0. The van der Waals surface area contributed by atoms with E-state index in [4.69, 9.17) is 16.3 Å². The Kier molecular flexibility index (Phi) is 7.03. The molecule has 1 saturated carbocycles. The third kappa shape index (κ3) is 5.85. The summed E-state index contributed by atoms with van der Waals surface area (Å²) in [6.07, 6.45) is -8.37. The van der Waals surface area contributed by atoms with Crippen LogP contribution in [0.3, 0.4) is 0 Å².